The van der Waals surface area contributed by atoms with Gasteiger partial charge < -0.3 is 4.74 Å². The maximum absolute atomic E-state index is 10.2. The van der Waals surface area contributed by atoms with Crippen molar-refractivity contribution in [1.29, 1.82) is 0 Å². The molecule has 0 atom stereocenters. The first-order chi connectivity index (χ1) is 4.27. The summed E-state index contributed by atoms with van der Waals surface area (Å²) in [5.74, 6) is -0.175. The van der Waals surface area contributed by atoms with Crippen molar-refractivity contribution < 1.29 is 9.53 Å². The Morgan fingerprint density at radius 2 is 2.00 bits per heavy atom. The van der Waals surface area contributed by atoms with E-state index in [4.69, 9.17) is 4.74 Å². The predicted octanol–water partition coefficient (Wildman–Crippen LogP) is 1.09. The molecule has 2 nitrogen and oxygen atoms in total. The van der Waals surface area contributed by atoms with E-state index < -0.39 is 0 Å². The van der Waals surface area contributed by atoms with Crippen LogP contribution in [0.2, 0.25) is 0 Å². The van der Waals surface area contributed by atoms with Gasteiger partial charge in [0.15, 0.2) is 0 Å². The van der Waals surface area contributed by atoms with E-state index in [2.05, 4.69) is 6.92 Å². The van der Waals surface area contributed by atoms with Gasteiger partial charge in [-0.1, -0.05) is 19.8 Å². The Bertz CT molecular complexity index is 83.7. The molecule has 0 aromatic rings. The second-order valence-corrected chi connectivity index (χ2v) is 2.05. The Balaban J connectivity index is 0. The monoisotopic (exact) mass is 170 g/mol. The van der Waals surface area contributed by atoms with Crippen molar-refractivity contribution in [2.75, 3.05) is 6.61 Å². The van der Waals surface area contributed by atoms with E-state index in [1.807, 2.05) is 0 Å². The van der Waals surface area contributed by atoms with Gasteiger partial charge in [-0.25, -0.2) is 0 Å². The summed E-state index contributed by atoms with van der Waals surface area (Å²) < 4.78 is 4.70. The number of rotatable bonds is 4. The molecule has 0 aliphatic heterocycles. The van der Waals surface area contributed by atoms with Crippen LogP contribution in [0.3, 0.4) is 0 Å². The summed E-state index contributed by atoms with van der Waals surface area (Å²) in [6.45, 7) is 4.14. The topological polar surface area (TPSA) is 26.3 Å². The van der Waals surface area contributed by atoms with Crippen molar-refractivity contribution in [3.8, 4) is 0 Å². The van der Waals surface area contributed by atoms with Gasteiger partial charge in [0, 0.05) is 6.92 Å². The maximum atomic E-state index is 10.2. The molecule has 0 aromatic heterocycles. The molecule has 0 spiro atoms. The molecule has 0 aliphatic carbocycles. The molecule has 0 radical (unpaired) electrons. The molecule has 0 unspecified atom stereocenters. The molecule has 0 amide bonds. The SMILES string of the molecule is CCCCCOC(C)=O.[KH]. The van der Waals surface area contributed by atoms with Crippen molar-refractivity contribution in [3.63, 3.8) is 0 Å². The summed E-state index contributed by atoms with van der Waals surface area (Å²) in [6, 6.07) is 0. The third kappa shape index (κ3) is 11.8. The molecule has 10 heavy (non-hydrogen) atoms. The molecular formula is C7H15KO2. The van der Waals surface area contributed by atoms with Crippen LogP contribution in [0.25, 0.3) is 0 Å². The fraction of sp³-hybridized carbons (Fsp3) is 0.857. The zero-order valence-corrected chi connectivity index (χ0v) is 6.14. The number of ether oxygens (including phenoxy) is 1. The summed E-state index contributed by atoms with van der Waals surface area (Å²) in [5, 5.41) is 0. The van der Waals surface area contributed by atoms with Crippen LogP contribution in [-0.2, 0) is 9.53 Å². The minimum atomic E-state index is -0.175. The summed E-state index contributed by atoms with van der Waals surface area (Å²) in [5.41, 5.74) is 0. The van der Waals surface area contributed by atoms with Crippen molar-refractivity contribution >= 4 is 57.4 Å². The van der Waals surface area contributed by atoms with Gasteiger partial charge >= 0.3 is 57.4 Å². The van der Waals surface area contributed by atoms with E-state index in [-0.39, 0.29) is 57.4 Å². The van der Waals surface area contributed by atoms with Crippen LogP contribution < -0.4 is 0 Å². The van der Waals surface area contributed by atoms with E-state index in [1.54, 1.807) is 0 Å². The van der Waals surface area contributed by atoms with E-state index in [9.17, 15) is 4.79 Å². The Morgan fingerprint density at radius 1 is 1.40 bits per heavy atom. The number of hydrogen-bond donors (Lipinski definition) is 0. The van der Waals surface area contributed by atoms with E-state index >= 15 is 0 Å². The van der Waals surface area contributed by atoms with E-state index in [0.717, 1.165) is 12.8 Å². The zero-order valence-electron chi connectivity index (χ0n) is 6.14. The summed E-state index contributed by atoms with van der Waals surface area (Å²) in [7, 11) is 0. The first-order valence-corrected chi connectivity index (χ1v) is 3.40. The molecule has 0 saturated heterocycles. The number of carbonyl (C=O) groups excluding carboxylic acids is 1. The third-order valence-electron chi connectivity index (χ3n) is 1.05. The Labute approximate surface area is 105 Å². The third-order valence-corrected chi connectivity index (χ3v) is 1.05. The average molecular weight is 170 g/mol. The van der Waals surface area contributed by atoms with E-state index in [0.29, 0.717) is 6.61 Å². The molecule has 0 bridgehead atoms. The molecule has 0 fully saturated rings. The quantitative estimate of drug-likeness (QED) is 0.359. The van der Waals surface area contributed by atoms with Crippen molar-refractivity contribution in [2.45, 2.75) is 33.1 Å². The Hall–Kier alpha value is 1.11. The van der Waals surface area contributed by atoms with Gasteiger partial charge in [-0.3, -0.25) is 4.79 Å². The number of carbonyl (C=O) groups is 1. The number of unbranched alkanes of at least 4 members (excludes halogenated alkanes) is 2. The van der Waals surface area contributed by atoms with Crippen LogP contribution in [-0.4, -0.2) is 64.0 Å². The van der Waals surface area contributed by atoms with Crippen LogP contribution in [0.5, 0.6) is 0 Å². The molecule has 56 valence electrons. The van der Waals surface area contributed by atoms with Gasteiger partial charge in [0.25, 0.3) is 0 Å². The zero-order chi connectivity index (χ0) is 7.11. The van der Waals surface area contributed by atoms with Crippen LogP contribution in [0.4, 0.5) is 0 Å². The van der Waals surface area contributed by atoms with E-state index in [1.165, 1.54) is 13.3 Å². The molecule has 3 heteroatoms. The normalized spacial score (nSPS) is 8.20. The molecular weight excluding hydrogens is 155 g/mol. The molecule has 0 saturated carbocycles. The van der Waals surface area contributed by atoms with Gasteiger partial charge in [-0.2, -0.15) is 0 Å². The second-order valence-electron chi connectivity index (χ2n) is 2.05. The van der Waals surface area contributed by atoms with Gasteiger partial charge in [-0.05, 0) is 6.42 Å². The van der Waals surface area contributed by atoms with Gasteiger partial charge in [0.1, 0.15) is 0 Å². The molecule has 0 aromatic carbocycles. The van der Waals surface area contributed by atoms with Crippen LogP contribution in [0.1, 0.15) is 33.1 Å². The predicted molar refractivity (Wildman–Crippen MR) is 43.3 cm³/mol. The van der Waals surface area contributed by atoms with Gasteiger partial charge in [0.2, 0.25) is 0 Å². The molecule has 0 heterocycles. The number of hydrogen-bond acceptors (Lipinski definition) is 2. The fourth-order valence-electron chi connectivity index (χ4n) is 0.568. The van der Waals surface area contributed by atoms with Crippen molar-refractivity contribution in [1.82, 2.24) is 0 Å². The van der Waals surface area contributed by atoms with Gasteiger partial charge in [0.05, 0.1) is 6.61 Å². The first-order valence-electron chi connectivity index (χ1n) is 3.40. The standard InChI is InChI=1S/C7H14O2.K.H/c1-3-4-5-6-9-7(2)8;;/h3-6H2,1-2H3;;. The van der Waals surface area contributed by atoms with Crippen LogP contribution in [0, 0.1) is 0 Å². The Kier molecular flexibility index (Phi) is 13.8. The minimum absolute atomic E-state index is 0. The average Bonchev–Trinajstić information content (AvgIpc) is 1.80. The first kappa shape index (κ1) is 13.7. The fourth-order valence-corrected chi connectivity index (χ4v) is 0.568. The molecule has 0 aliphatic rings. The van der Waals surface area contributed by atoms with Crippen LogP contribution >= 0.6 is 0 Å². The van der Waals surface area contributed by atoms with Crippen molar-refractivity contribution in [3.05, 3.63) is 0 Å². The summed E-state index contributed by atoms with van der Waals surface area (Å²) in [6.07, 6.45) is 3.31. The number of esters is 1. The van der Waals surface area contributed by atoms with Crippen LogP contribution in [0.15, 0.2) is 0 Å². The summed E-state index contributed by atoms with van der Waals surface area (Å²) in [4.78, 5) is 10.2. The van der Waals surface area contributed by atoms with Crippen molar-refractivity contribution in [2.24, 2.45) is 0 Å². The summed E-state index contributed by atoms with van der Waals surface area (Å²) >= 11 is 0. The molecule has 0 N–H and O–H groups in total. The Morgan fingerprint density at radius 3 is 2.40 bits per heavy atom. The second kappa shape index (κ2) is 10.1. The molecule has 0 rings (SSSR count). The van der Waals surface area contributed by atoms with Gasteiger partial charge in [-0.15, -0.1) is 0 Å².